The molecule has 0 atom stereocenters. The summed E-state index contributed by atoms with van der Waals surface area (Å²) in [5.74, 6) is 1.83. The Labute approximate surface area is 325 Å². The van der Waals surface area contributed by atoms with E-state index >= 15 is 0 Å². The molecule has 0 aliphatic heterocycles. The van der Waals surface area contributed by atoms with Crippen molar-refractivity contribution in [1.29, 1.82) is 0 Å². The number of hydrogen-bond acceptors (Lipinski definition) is 5. The highest BCUT2D eigenvalue weighted by Crippen LogP contribution is 2.48. The number of thiophene rings is 1. The Hall–Kier alpha value is -7.21. The second-order valence-corrected chi connectivity index (χ2v) is 15.4. The molecule has 0 amide bonds. The van der Waals surface area contributed by atoms with Gasteiger partial charge >= 0.3 is 0 Å². The number of rotatable bonds is 4. The molecule has 12 aromatic rings. The highest BCUT2D eigenvalue weighted by molar-refractivity contribution is 7.26. The van der Waals surface area contributed by atoms with Crippen LogP contribution in [0.4, 0.5) is 0 Å². The monoisotopic (exact) mass is 731 g/mol. The van der Waals surface area contributed by atoms with Crippen LogP contribution in [0.3, 0.4) is 0 Å². The summed E-state index contributed by atoms with van der Waals surface area (Å²) < 4.78 is 9.07. The van der Waals surface area contributed by atoms with Gasteiger partial charge in [-0.05, 0) is 73.8 Å². The average molecular weight is 732 g/mol. The minimum Gasteiger partial charge on any atom is -0.456 e. The smallest absolute Gasteiger partial charge is 0.165 e. The average Bonchev–Trinajstić information content (AvgIpc) is 3.85. The van der Waals surface area contributed by atoms with E-state index < -0.39 is 0 Å². The van der Waals surface area contributed by atoms with E-state index in [0.717, 1.165) is 55.1 Å². The Morgan fingerprint density at radius 3 is 1.91 bits per heavy atom. The van der Waals surface area contributed by atoms with Gasteiger partial charge in [0.1, 0.15) is 11.2 Å². The van der Waals surface area contributed by atoms with Gasteiger partial charge in [0.25, 0.3) is 0 Å². The van der Waals surface area contributed by atoms with Gasteiger partial charge in [0.2, 0.25) is 0 Å². The van der Waals surface area contributed by atoms with Crippen LogP contribution in [0.15, 0.2) is 180 Å². The molecule has 56 heavy (non-hydrogen) atoms. The molecule has 5 heteroatoms. The molecular weight excluding hydrogens is 703 g/mol. The predicted octanol–water partition coefficient (Wildman–Crippen LogP) is 14.3. The quantitative estimate of drug-likeness (QED) is 0.169. The summed E-state index contributed by atoms with van der Waals surface area (Å²) in [6, 6.07) is 62.0. The van der Waals surface area contributed by atoms with Crippen molar-refractivity contribution in [3.63, 3.8) is 0 Å². The summed E-state index contributed by atoms with van der Waals surface area (Å²) in [6.45, 7) is 0. The minimum absolute atomic E-state index is 0.599. The molecule has 0 unspecified atom stereocenters. The van der Waals surface area contributed by atoms with Gasteiger partial charge in [0.15, 0.2) is 17.5 Å². The van der Waals surface area contributed by atoms with E-state index in [0.29, 0.717) is 17.5 Å². The zero-order valence-corrected chi connectivity index (χ0v) is 30.7. The van der Waals surface area contributed by atoms with Crippen LogP contribution in [-0.4, -0.2) is 15.0 Å². The molecule has 0 spiro atoms. The number of para-hydroxylation sites is 1. The summed E-state index contributed by atoms with van der Waals surface area (Å²) in [5.41, 5.74) is 6.57. The fourth-order valence-corrected chi connectivity index (χ4v) is 9.80. The number of hydrogen-bond donors (Lipinski definition) is 0. The van der Waals surface area contributed by atoms with E-state index in [4.69, 9.17) is 19.4 Å². The molecule has 0 bridgehead atoms. The lowest BCUT2D eigenvalue weighted by atomic mass is 9.91. The first kappa shape index (κ1) is 31.2. The second-order valence-electron chi connectivity index (χ2n) is 14.3. The first-order chi connectivity index (χ1) is 27.7. The Morgan fingerprint density at radius 2 is 1.04 bits per heavy atom. The third kappa shape index (κ3) is 4.75. The number of fused-ring (bicyclic) bond motifs is 11. The van der Waals surface area contributed by atoms with Gasteiger partial charge in [0, 0.05) is 47.6 Å². The van der Waals surface area contributed by atoms with E-state index in [1.54, 1.807) is 0 Å². The Balaban J connectivity index is 1.18. The van der Waals surface area contributed by atoms with E-state index in [1.165, 1.54) is 47.1 Å². The molecule has 9 aromatic carbocycles. The lowest BCUT2D eigenvalue weighted by Crippen LogP contribution is -2.01. The second kappa shape index (κ2) is 12.2. The van der Waals surface area contributed by atoms with Crippen LogP contribution in [0.5, 0.6) is 0 Å². The van der Waals surface area contributed by atoms with Crippen molar-refractivity contribution in [2.75, 3.05) is 0 Å². The molecule has 0 N–H and O–H groups in total. The maximum atomic E-state index is 6.54. The van der Waals surface area contributed by atoms with Crippen molar-refractivity contribution in [3.8, 4) is 45.3 Å². The van der Waals surface area contributed by atoms with Crippen molar-refractivity contribution in [3.05, 3.63) is 176 Å². The highest BCUT2D eigenvalue weighted by atomic mass is 32.1. The number of aromatic nitrogens is 3. The maximum Gasteiger partial charge on any atom is 0.165 e. The topological polar surface area (TPSA) is 51.8 Å². The molecular formula is C51H29N3OS. The van der Waals surface area contributed by atoms with Gasteiger partial charge in [-0.3, -0.25) is 0 Å². The van der Waals surface area contributed by atoms with Gasteiger partial charge in [-0.25, -0.2) is 15.0 Å². The van der Waals surface area contributed by atoms with Crippen molar-refractivity contribution in [1.82, 2.24) is 15.0 Å². The molecule has 12 rings (SSSR count). The summed E-state index contributed by atoms with van der Waals surface area (Å²) in [5, 5.41) is 11.8. The fraction of sp³-hybridized carbons (Fsp3) is 0. The Morgan fingerprint density at radius 1 is 0.375 bits per heavy atom. The molecule has 0 aliphatic carbocycles. The minimum atomic E-state index is 0.599. The van der Waals surface area contributed by atoms with Crippen molar-refractivity contribution in [2.24, 2.45) is 0 Å². The number of nitrogens with zero attached hydrogens (tertiary/aromatic N) is 3. The predicted molar refractivity (Wildman–Crippen MR) is 234 cm³/mol. The SMILES string of the molecule is c1ccc(-c2nc(-c3ccc4c(ccc5ccccc54)c3)nc(-c3c(-c4cccc5sc6c7ccccc7ccc6c45)ccc4oc5ccccc5c34)n2)cc1. The van der Waals surface area contributed by atoms with Gasteiger partial charge in [-0.15, -0.1) is 11.3 Å². The summed E-state index contributed by atoms with van der Waals surface area (Å²) in [4.78, 5) is 15.9. The molecule has 0 aliphatic rings. The van der Waals surface area contributed by atoms with E-state index in [2.05, 4.69) is 146 Å². The summed E-state index contributed by atoms with van der Waals surface area (Å²) in [7, 11) is 0. The molecule has 0 saturated carbocycles. The van der Waals surface area contributed by atoms with Crippen LogP contribution in [0.1, 0.15) is 0 Å². The lowest BCUT2D eigenvalue weighted by molar-refractivity contribution is 0.669. The van der Waals surface area contributed by atoms with Crippen molar-refractivity contribution >= 4 is 85.8 Å². The van der Waals surface area contributed by atoms with Crippen LogP contribution in [0, 0.1) is 0 Å². The van der Waals surface area contributed by atoms with Crippen LogP contribution in [-0.2, 0) is 0 Å². The third-order valence-corrected chi connectivity index (χ3v) is 12.3. The molecule has 4 nitrogen and oxygen atoms in total. The summed E-state index contributed by atoms with van der Waals surface area (Å²) in [6.07, 6.45) is 0. The molecule has 0 radical (unpaired) electrons. The number of benzene rings is 9. The van der Waals surface area contributed by atoms with E-state index in [-0.39, 0.29) is 0 Å². The van der Waals surface area contributed by atoms with Gasteiger partial charge in [0.05, 0.1) is 0 Å². The van der Waals surface area contributed by atoms with Gasteiger partial charge in [-0.1, -0.05) is 146 Å². The number of furan rings is 1. The van der Waals surface area contributed by atoms with Crippen molar-refractivity contribution in [2.45, 2.75) is 0 Å². The first-order valence-corrected chi connectivity index (χ1v) is 19.6. The van der Waals surface area contributed by atoms with Crippen LogP contribution < -0.4 is 0 Å². The Kier molecular flexibility index (Phi) is 6.76. The van der Waals surface area contributed by atoms with Crippen molar-refractivity contribution < 1.29 is 4.42 Å². The first-order valence-electron chi connectivity index (χ1n) is 18.8. The molecule has 3 heterocycles. The zero-order valence-electron chi connectivity index (χ0n) is 29.9. The maximum absolute atomic E-state index is 6.54. The van der Waals surface area contributed by atoms with E-state index in [1.807, 2.05) is 41.7 Å². The molecule has 3 aromatic heterocycles. The molecule has 260 valence electrons. The van der Waals surface area contributed by atoms with Crippen LogP contribution in [0.2, 0.25) is 0 Å². The van der Waals surface area contributed by atoms with Crippen LogP contribution >= 0.6 is 11.3 Å². The van der Waals surface area contributed by atoms with Gasteiger partial charge in [-0.2, -0.15) is 0 Å². The fourth-order valence-electron chi connectivity index (χ4n) is 8.54. The standard InChI is InChI=1S/C51H29N3OS/c1-2-13-32(14-3-1)49-52-50(34-24-25-36-33(29-34)22-21-30-11-4-6-15-35(30)36)54-51(53-49)47-39(27-28-43-46(47)40-17-8-9-19-42(40)55-43)38-18-10-20-44-45(38)41-26-23-31-12-5-7-16-37(31)48(41)56-44/h1-29H. The largest absolute Gasteiger partial charge is 0.456 e. The third-order valence-electron chi connectivity index (χ3n) is 11.1. The summed E-state index contributed by atoms with van der Waals surface area (Å²) >= 11 is 1.85. The van der Waals surface area contributed by atoms with Crippen LogP contribution in [0.25, 0.3) is 120 Å². The normalized spacial score (nSPS) is 11.9. The lowest BCUT2D eigenvalue weighted by Gasteiger charge is -2.15. The highest BCUT2D eigenvalue weighted by Gasteiger charge is 2.24. The Bertz CT molecular complexity index is 3550. The van der Waals surface area contributed by atoms with E-state index in [9.17, 15) is 0 Å². The van der Waals surface area contributed by atoms with Gasteiger partial charge < -0.3 is 4.42 Å². The molecule has 0 fully saturated rings. The molecule has 0 saturated heterocycles. The zero-order chi connectivity index (χ0) is 36.7.